The van der Waals surface area contributed by atoms with Gasteiger partial charge >= 0.3 is 0 Å². The van der Waals surface area contributed by atoms with Crippen molar-refractivity contribution in [1.29, 1.82) is 0 Å². The van der Waals surface area contributed by atoms with Gasteiger partial charge in [-0.15, -0.1) is 13.2 Å². The zero-order valence-electron chi connectivity index (χ0n) is 9.91. The summed E-state index contributed by atoms with van der Waals surface area (Å²) in [6.45, 7) is 11.9. The molecule has 0 heterocycles. The number of rotatable bonds is 5. The van der Waals surface area contributed by atoms with E-state index in [0.717, 1.165) is 25.9 Å². The highest BCUT2D eigenvalue weighted by Gasteiger charge is 2.34. The molecular formula is C13H24N2. The summed E-state index contributed by atoms with van der Waals surface area (Å²) in [7, 11) is 0. The van der Waals surface area contributed by atoms with Crippen LogP contribution in [0.2, 0.25) is 0 Å². The van der Waals surface area contributed by atoms with Crippen LogP contribution in [0.3, 0.4) is 0 Å². The van der Waals surface area contributed by atoms with E-state index in [2.05, 4.69) is 25.0 Å². The van der Waals surface area contributed by atoms with E-state index in [1.165, 1.54) is 12.8 Å². The normalized spacial score (nSPS) is 31.5. The minimum absolute atomic E-state index is 0.290. The van der Waals surface area contributed by atoms with Crippen molar-refractivity contribution in [3.63, 3.8) is 0 Å². The molecule has 0 unspecified atom stereocenters. The smallest absolute Gasteiger partial charge is 0.0189 e. The number of nitrogens with two attached hydrogens (primary N) is 1. The van der Waals surface area contributed by atoms with Crippen LogP contribution in [0.5, 0.6) is 0 Å². The van der Waals surface area contributed by atoms with E-state index in [-0.39, 0.29) is 5.54 Å². The average molecular weight is 208 g/mol. The number of hydrogen-bond acceptors (Lipinski definition) is 2. The molecule has 0 saturated heterocycles. The predicted molar refractivity (Wildman–Crippen MR) is 66.8 cm³/mol. The molecule has 2 nitrogen and oxygen atoms in total. The third kappa shape index (κ3) is 3.18. The molecule has 1 saturated carbocycles. The minimum atomic E-state index is 0.290. The second kappa shape index (κ2) is 5.47. The van der Waals surface area contributed by atoms with Gasteiger partial charge in [0.25, 0.3) is 0 Å². The van der Waals surface area contributed by atoms with Crippen molar-refractivity contribution in [2.24, 2.45) is 5.73 Å². The van der Waals surface area contributed by atoms with Gasteiger partial charge in [0.15, 0.2) is 0 Å². The quantitative estimate of drug-likeness (QED) is 0.703. The van der Waals surface area contributed by atoms with Gasteiger partial charge in [0, 0.05) is 24.7 Å². The summed E-state index contributed by atoms with van der Waals surface area (Å²) in [6, 6.07) is 0.410. The molecule has 86 valence electrons. The van der Waals surface area contributed by atoms with E-state index in [1.54, 1.807) is 0 Å². The summed E-state index contributed by atoms with van der Waals surface area (Å²) in [5.74, 6) is 0. The third-order valence-electron chi connectivity index (χ3n) is 3.57. The Morgan fingerprint density at radius 1 is 1.27 bits per heavy atom. The Hall–Kier alpha value is -0.600. The fourth-order valence-electron chi connectivity index (χ4n) is 2.41. The Labute approximate surface area is 93.8 Å². The molecule has 1 fully saturated rings. The zero-order valence-corrected chi connectivity index (χ0v) is 9.91. The largest absolute Gasteiger partial charge is 0.328 e. The monoisotopic (exact) mass is 208 g/mol. The van der Waals surface area contributed by atoms with Crippen LogP contribution in [0.25, 0.3) is 0 Å². The lowest BCUT2D eigenvalue weighted by Gasteiger charge is -2.44. The third-order valence-corrected chi connectivity index (χ3v) is 3.57. The van der Waals surface area contributed by atoms with Crippen molar-refractivity contribution in [1.82, 2.24) is 4.90 Å². The maximum absolute atomic E-state index is 5.95. The lowest BCUT2D eigenvalue weighted by Crippen LogP contribution is -2.50. The minimum Gasteiger partial charge on any atom is -0.328 e. The lowest BCUT2D eigenvalue weighted by molar-refractivity contribution is 0.0838. The molecule has 1 aliphatic carbocycles. The summed E-state index contributed by atoms with van der Waals surface area (Å²) in [5.41, 5.74) is 6.23. The first-order valence-corrected chi connectivity index (χ1v) is 5.85. The van der Waals surface area contributed by atoms with Crippen LogP contribution in [0.4, 0.5) is 0 Å². The van der Waals surface area contributed by atoms with E-state index in [4.69, 9.17) is 5.73 Å². The fraction of sp³-hybridized carbons (Fsp3) is 0.692. The molecule has 2 heteroatoms. The van der Waals surface area contributed by atoms with Crippen LogP contribution in [0, 0.1) is 0 Å². The highest BCUT2D eigenvalue weighted by atomic mass is 15.2. The molecule has 0 aliphatic heterocycles. The van der Waals surface area contributed by atoms with Crippen molar-refractivity contribution in [2.75, 3.05) is 13.1 Å². The van der Waals surface area contributed by atoms with Gasteiger partial charge in [-0.2, -0.15) is 0 Å². The Bertz CT molecular complexity index is 205. The van der Waals surface area contributed by atoms with Gasteiger partial charge in [-0.05, 0) is 32.6 Å². The van der Waals surface area contributed by atoms with Crippen molar-refractivity contribution < 1.29 is 0 Å². The molecule has 0 amide bonds. The van der Waals surface area contributed by atoms with E-state index in [0.29, 0.717) is 6.04 Å². The van der Waals surface area contributed by atoms with E-state index in [9.17, 15) is 0 Å². The molecule has 0 aromatic rings. The van der Waals surface area contributed by atoms with Crippen LogP contribution in [0.1, 0.15) is 32.6 Å². The van der Waals surface area contributed by atoms with Crippen molar-refractivity contribution in [3.05, 3.63) is 25.3 Å². The SMILES string of the molecule is C=CCN(CC=C)[C@]1(C)CC[C@@H](N)CC1. The van der Waals surface area contributed by atoms with Gasteiger partial charge in [0.05, 0.1) is 0 Å². The molecule has 2 N–H and O–H groups in total. The van der Waals surface area contributed by atoms with Gasteiger partial charge in [-0.3, -0.25) is 4.90 Å². The summed E-state index contributed by atoms with van der Waals surface area (Å²) in [6.07, 6.45) is 8.61. The molecule has 1 rings (SSSR count). The molecule has 1 aliphatic rings. The van der Waals surface area contributed by atoms with Crippen molar-refractivity contribution in [3.8, 4) is 0 Å². The summed E-state index contributed by atoms with van der Waals surface area (Å²) >= 11 is 0. The molecule has 0 bridgehead atoms. The number of nitrogens with zero attached hydrogens (tertiary/aromatic N) is 1. The first kappa shape index (κ1) is 12.5. The molecular weight excluding hydrogens is 184 g/mol. The average Bonchev–Trinajstić information content (AvgIpc) is 2.23. The lowest BCUT2D eigenvalue weighted by atomic mass is 9.79. The van der Waals surface area contributed by atoms with Crippen LogP contribution < -0.4 is 5.73 Å². The maximum atomic E-state index is 5.95. The van der Waals surface area contributed by atoms with Gasteiger partial charge in [-0.25, -0.2) is 0 Å². The predicted octanol–water partition coefficient (Wildman–Crippen LogP) is 2.32. The molecule has 0 radical (unpaired) electrons. The van der Waals surface area contributed by atoms with Gasteiger partial charge in [-0.1, -0.05) is 12.2 Å². The Morgan fingerprint density at radius 2 is 1.73 bits per heavy atom. The molecule has 0 aromatic heterocycles. The molecule has 0 spiro atoms. The van der Waals surface area contributed by atoms with Gasteiger partial charge in [0.2, 0.25) is 0 Å². The Balaban J connectivity index is 2.63. The fourth-order valence-corrected chi connectivity index (χ4v) is 2.41. The summed E-state index contributed by atoms with van der Waals surface area (Å²) in [5, 5.41) is 0. The topological polar surface area (TPSA) is 29.3 Å². The highest BCUT2D eigenvalue weighted by Crippen LogP contribution is 2.32. The van der Waals surface area contributed by atoms with Gasteiger partial charge < -0.3 is 5.73 Å². The zero-order chi connectivity index (χ0) is 11.3. The van der Waals surface area contributed by atoms with Crippen molar-refractivity contribution in [2.45, 2.75) is 44.2 Å². The molecule has 0 aromatic carbocycles. The van der Waals surface area contributed by atoms with Crippen LogP contribution in [-0.4, -0.2) is 29.6 Å². The maximum Gasteiger partial charge on any atom is 0.0189 e. The van der Waals surface area contributed by atoms with E-state index < -0.39 is 0 Å². The first-order valence-electron chi connectivity index (χ1n) is 5.85. The first-order chi connectivity index (χ1) is 7.12. The summed E-state index contributed by atoms with van der Waals surface area (Å²) < 4.78 is 0. The number of hydrogen-bond donors (Lipinski definition) is 1. The Kier molecular flexibility index (Phi) is 4.55. The standard InChI is InChI=1S/C13H24N2/c1-4-10-15(11-5-2)13(3)8-6-12(14)7-9-13/h4-5,12H,1-2,6-11,14H2,3H3/t12-,13-. The van der Waals surface area contributed by atoms with Crippen LogP contribution >= 0.6 is 0 Å². The second-order valence-corrected chi connectivity index (χ2v) is 4.82. The molecule has 0 atom stereocenters. The highest BCUT2D eigenvalue weighted by molar-refractivity contribution is 4.96. The van der Waals surface area contributed by atoms with Crippen molar-refractivity contribution >= 4 is 0 Å². The van der Waals surface area contributed by atoms with Crippen LogP contribution in [0.15, 0.2) is 25.3 Å². The van der Waals surface area contributed by atoms with Crippen LogP contribution in [-0.2, 0) is 0 Å². The van der Waals surface area contributed by atoms with Gasteiger partial charge in [0.1, 0.15) is 0 Å². The second-order valence-electron chi connectivity index (χ2n) is 4.82. The Morgan fingerprint density at radius 3 is 2.13 bits per heavy atom. The van der Waals surface area contributed by atoms with E-state index >= 15 is 0 Å². The molecule has 15 heavy (non-hydrogen) atoms. The van der Waals surface area contributed by atoms with E-state index in [1.807, 2.05) is 12.2 Å². The summed E-state index contributed by atoms with van der Waals surface area (Å²) in [4.78, 5) is 2.46.